The summed E-state index contributed by atoms with van der Waals surface area (Å²) in [6, 6.07) is 14.4. The fourth-order valence-corrected chi connectivity index (χ4v) is 7.33. The van der Waals surface area contributed by atoms with Crippen molar-refractivity contribution in [3.63, 3.8) is 0 Å². The molecule has 0 atom stereocenters. The van der Waals surface area contributed by atoms with Crippen LogP contribution < -0.4 is 25.6 Å². The van der Waals surface area contributed by atoms with Gasteiger partial charge in [0.1, 0.15) is 17.9 Å². The predicted octanol–water partition coefficient (Wildman–Crippen LogP) is 6.26. The molecule has 43 heavy (non-hydrogen) atoms. The van der Waals surface area contributed by atoms with Crippen LogP contribution in [0.1, 0.15) is 33.6 Å². The summed E-state index contributed by atoms with van der Waals surface area (Å²) in [5, 5.41) is 7.64. The molecule has 0 bridgehead atoms. The van der Waals surface area contributed by atoms with Gasteiger partial charge in [-0.1, -0.05) is 23.7 Å². The van der Waals surface area contributed by atoms with Crippen LogP contribution in [0.4, 0.5) is 28.8 Å². The number of hydrogen-bond acceptors (Lipinski definition) is 9. The molecule has 2 fully saturated rings. The first kappa shape index (κ1) is 31.6. The first-order valence-corrected chi connectivity index (χ1v) is 18.0. The van der Waals surface area contributed by atoms with Crippen molar-refractivity contribution in [1.82, 2.24) is 19.8 Å². The third kappa shape index (κ3) is 7.63. The van der Waals surface area contributed by atoms with Crippen LogP contribution >= 0.6 is 18.7 Å². The summed E-state index contributed by atoms with van der Waals surface area (Å²) in [4.78, 5) is 16.7. The minimum Gasteiger partial charge on any atom is -0.494 e. The lowest BCUT2D eigenvalue weighted by molar-refractivity contribution is 0.0364. The van der Waals surface area contributed by atoms with Crippen LogP contribution in [0.5, 0.6) is 5.75 Å². The average Bonchev–Trinajstić information content (AvgIpc) is 2.98. The van der Waals surface area contributed by atoms with Gasteiger partial charge in [-0.3, -0.25) is 9.80 Å². The van der Waals surface area contributed by atoms with Gasteiger partial charge < -0.3 is 24.8 Å². The number of aromatic nitrogens is 2. The summed E-state index contributed by atoms with van der Waals surface area (Å²) in [6.07, 6.45) is 3.88. The van der Waals surface area contributed by atoms with E-state index >= 15 is 0 Å². The van der Waals surface area contributed by atoms with Crippen molar-refractivity contribution in [2.45, 2.75) is 45.2 Å². The van der Waals surface area contributed by atoms with E-state index in [-0.39, 0.29) is 5.54 Å². The SMILES string of the molecule is COc1cc(N2CCC(N3CCN(C(C)(C)C)CC3)CC2)ccc1Nc1ncc(Cl)c(Nc2ccccc2P(C)(C)=O)n1. The number of methoxy groups -OCH3 is 1. The van der Waals surface area contributed by atoms with E-state index in [0.717, 1.165) is 55.9 Å². The van der Waals surface area contributed by atoms with Crippen molar-refractivity contribution in [3.05, 3.63) is 53.7 Å². The normalized spacial score (nSPS) is 17.6. The molecule has 2 aliphatic rings. The minimum absolute atomic E-state index is 0.247. The van der Waals surface area contributed by atoms with Gasteiger partial charge in [-0.15, -0.1) is 0 Å². The van der Waals surface area contributed by atoms with Crippen molar-refractivity contribution in [2.24, 2.45) is 0 Å². The van der Waals surface area contributed by atoms with Gasteiger partial charge in [-0.05, 0) is 71.2 Å². The highest BCUT2D eigenvalue weighted by Crippen LogP contribution is 2.39. The zero-order chi connectivity index (χ0) is 30.8. The Morgan fingerprint density at radius 1 is 0.953 bits per heavy atom. The summed E-state index contributed by atoms with van der Waals surface area (Å²) < 4.78 is 18.6. The molecule has 2 aromatic carbocycles. The summed E-state index contributed by atoms with van der Waals surface area (Å²) in [5.74, 6) is 1.52. The van der Waals surface area contributed by atoms with Crippen LogP contribution in [0.15, 0.2) is 48.7 Å². The average molecular weight is 626 g/mol. The standard InChI is InChI=1S/C32H45ClN7O2P/c1-32(2,3)40-19-17-39(18-20-40)23-13-15-38(16-14-23)24-11-12-26(28(21-24)42-4)36-31-34-22-25(33)30(37-31)35-27-9-7-8-10-29(27)43(5,6)41/h7-12,21-23H,13-20H2,1-6H3,(H2,34,35,36,37). The van der Waals surface area contributed by atoms with E-state index in [1.54, 1.807) is 26.6 Å². The van der Waals surface area contributed by atoms with Gasteiger partial charge in [-0.2, -0.15) is 4.98 Å². The third-order valence-corrected chi connectivity index (χ3v) is 10.3. The number of piperazine rings is 1. The molecular weight excluding hydrogens is 581 g/mol. The van der Waals surface area contributed by atoms with E-state index in [4.69, 9.17) is 16.3 Å². The van der Waals surface area contributed by atoms with Gasteiger partial charge in [0.2, 0.25) is 5.95 Å². The second-order valence-corrected chi connectivity index (χ2v) is 16.4. The van der Waals surface area contributed by atoms with E-state index in [1.807, 2.05) is 30.3 Å². The van der Waals surface area contributed by atoms with E-state index in [1.165, 1.54) is 12.8 Å². The Morgan fingerprint density at radius 3 is 2.30 bits per heavy atom. The molecule has 9 nitrogen and oxygen atoms in total. The number of piperidine rings is 1. The molecule has 1 aromatic heterocycles. The topological polar surface area (TPSA) is 85.9 Å². The van der Waals surface area contributed by atoms with Crippen LogP contribution in [-0.2, 0) is 4.57 Å². The highest BCUT2D eigenvalue weighted by atomic mass is 35.5. The molecule has 11 heteroatoms. The summed E-state index contributed by atoms with van der Waals surface area (Å²) >= 11 is 6.45. The molecule has 0 aliphatic carbocycles. The quantitative estimate of drug-likeness (QED) is 0.282. The third-order valence-electron chi connectivity index (χ3n) is 8.52. The summed E-state index contributed by atoms with van der Waals surface area (Å²) in [5.41, 5.74) is 2.87. The van der Waals surface area contributed by atoms with Crippen molar-refractivity contribution < 1.29 is 9.30 Å². The molecule has 3 aromatic rings. The largest absolute Gasteiger partial charge is 0.494 e. The van der Waals surface area contributed by atoms with Crippen LogP contribution in [0.25, 0.3) is 0 Å². The number of ether oxygens (including phenoxy) is 1. The molecule has 0 saturated carbocycles. The predicted molar refractivity (Wildman–Crippen MR) is 180 cm³/mol. The number of rotatable bonds is 8. The van der Waals surface area contributed by atoms with E-state index in [2.05, 4.69) is 68.2 Å². The fraction of sp³-hybridized carbons (Fsp3) is 0.500. The maximum absolute atomic E-state index is 12.8. The lowest BCUT2D eigenvalue weighted by Gasteiger charge is -2.46. The van der Waals surface area contributed by atoms with E-state index in [9.17, 15) is 4.57 Å². The Hall–Kier alpha value is -2.84. The van der Waals surface area contributed by atoms with Crippen LogP contribution in [0.2, 0.25) is 5.02 Å². The zero-order valence-electron chi connectivity index (χ0n) is 26.2. The Labute approximate surface area is 261 Å². The molecule has 2 aliphatic heterocycles. The molecule has 0 amide bonds. The van der Waals surface area contributed by atoms with E-state index in [0.29, 0.717) is 34.3 Å². The molecule has 5 rings (SSSR count). The molecule has 0 unspecified atom stereocenters. The van der Waals surface area contributed by atoms with Gasteiger partial charge in [0.05, 0.1) is 24.7 Å². The Morgan fingerprint density at radius 2 is 1.65 bits per heavy atom. The lowest BCUT2D eigenvalue weighted by atomic mass is 10.00. The Bertz CT molecular complexity index is 1460. The number of halogens is 1. The molecule has 0 radical (unpaired) electrons. The van der Waals surface area contributed by atoms with Gasteiger partial charge in [-0.25, -0.2) is 4.98 Å². The van der Waals surface area contributed by atoms with Gasteiger partial charge >= 0.3 is 0 Å². The number of hydrogen-bond donors (Lipinski definition) is 2. The van der Waals surface area contributed by atoms with Gasteiger partial charge in [0, 0.05) is 67.9 Å². The van der Waals surface area contributed by atoms with Crippen molar-refractivity contribution in [3.8, 4) is 5.75 Å². The Balaban J connectivity index is 1.23. The first-order chi connectivity index (χ1) is 20.4. The molecule has 232 valence electrons. The second-order valence-electron chi connectivity index (χ2n) is 12.8. The Kier molecular flexibility index (Phi) is 9.57. The number of anilines is 5. The maximum atomic E-state index is 12.8. The second kappa shape index (κ2) is 13.0. The lowest BCUT2D eigenvalue weighted by Crippen LogP contribution is -2.57. The smallest absolute Gasteiger partial charge is 0.229 e. The van der Waals surface area contributed by atoms with Crippen molar-refractivity contribution in [2.75, 3.05) is 75.2 Å². The van der Waals surface area contributed by atoms with Crippen molar-refractivity contribution in [1.29, 1.82) is 0 Å². The summed E-state index contributed by atoms with van der Waals surface area (Å²) in [7, 11) is -0.835. The first-order valence-electron chi connectivity index (χ1n) is 15.1. The highest BCUT2D eigenvalue weighted by molar-refractivity contribution is 7.70. The van der Waals surface area contributed by atoms with Crippen LogP contribution in [-0.4, -0.2) is 91.1 Å². The monoisotopic (exact) mass is 625 g/mol. The molecule has 3 heterocycles. The molecule has 2 saturated heterocycles. The summed E-state index contributed by atoms with van der Waals surface area (Å²) in [6.45, 7) is 17.1. The fourth-order valence-electron chi connectivity index (χ4n) is 6.04. The number of nitrogens with zero attached hydrogens (tertiary/aromatic N) is 5. The van der Waals surface area contributed by atoms with Crippen LogP contribution in [0.3, 0.4) is 0 Å². The molecule has 0 spiro atoms. The number of para-hydroxylation sites is 1. The number of nitrogens with one attached hydrogen (secondary N) is 2. The zero-order valence-corrected chi connectivity index (χ0v) is 27.9. The highest BCUT2D eigenvalue weighted by Gasteiger charge is 2.31. The van der Waals surface area contributed by atoms with Gasteiger partial charge in [0.25, 0.3) is 0 Å². The molecular formula is C32H45ClN7O2P. The van der Waals surface area contributed by atoms with E-state index < -0.39 is 7.14 Å². The molecule has 2 N–H and O–H groups in total. The van der Waals surface area contributed by atoms with Crippen LogP contribution in [0, 0.1) is 0 Å². The van der Waals surface area contributed by atoms with Gasteiger partial charge in [0.15, 0.2) is 5.82 Å². The minimum atomic E-state index is -2.51. The number of benzene rings is 2. The maximum Gasteiger partial charge on any atom is 0.229 e. The van der Waals surface area contributed by atoms with Crippen molar-refractivity contribution >= 4 is 52.9 Å².